The maximum atomic E-state index is 12.3. The standard InChI is InChI=1S/C12H22N2O3/c13-12(4-7-17-9-12)11(16)14-5-1-2-10(8-14)3-6-15/h10,15H,1-9,13H2. The molecule has 0 aliphatic carbocycles. The Morgan fingerprint density at radius 2 is 2.41 bits per heavy atom. The van der Waals surface area contributed by atoms with Crippen molar-refractivity contribution in [2.24, 2.45) is 11.7 Å². The van der Waals surface area contributed by atoms with Crippen LogP contribution < -0.4 is 5.73 Å². The van der Waals surface area contributed by atoms with Gasteiger partial charge in [0.15, 0.2) is 0 Å². The molecular weight excluding hydrogens is 220 g/mol. The lowest BCUT2D eigenvalue weighted by Crippen LogP contribution is -2.57. The first-order chi connectivity index (χ1) is 8.15. The quantitative estimate of drug-likeness (QED) is 0.714. The van der Waals surface area contributed by atoms with E-state index in [1.165, 1.54) is 0 Å². The van der Waals surface area contributed by atoms with Crippen molar-refractivity contribution in [3.63, 3.8) is 0 Å². The summed E-state index contributed by atoms with van der Waals surface area (Å²) in [7, 11) is 0. The molecule has 2 aliphatic rings. The van der Waals surface area contributed by atoms with Gasteiger partial charge >= 0.3 is 0 Å². The zero-order valence-corrected chi connectivity index (χ0v) is 10.2. The van der Waals surface area contributed by atoms with Crippen LogP contribution in [0.4, 0.5) is 0 Å². The van der Waals surface area contributed by atoms with Gasteiger partial charge in [-0.1, -0.05) is 0 Å². The van der Waals surface area contributed by atoms with Gasteiger partial charge in [0.2, 0.25) is 5.91 Å². The number of rotatable bonds is 3. The molecule has 2 heterocycles. The zero-order chi connectivity index (χ0) is 12.3. The van der Waals surface area contributed by atoms with Crippen molar-refractivity contribution in [1.82, 2.24) is 4.90 Å². The Kier molecular flexibility index (Phi) is 4.01. The summed E-state index contributed by atoms with van der Waals surface area (Å²) in [6.45, 7) is 2.64. The summed E-state index contributed by atoms with van der Waals surface area (Å²) in [5.74, 6) is 0.446. The molecule has 2 fully saturated rings. The minimum atomic E-state index is -0.804. The molecule has 0 aromatic heterocycles. The molecule has 3 N–H and O–H groups in total. The highest BCUT2D eigenvalue weighted by Crippen LogP contribution is 2.24. The highest BCUT2D eigenvalue weighted by Gasteiger charge is 2.41. The van der Waals surface area contributed by atoms with Crippen LogP contribution >= 0.6 is 0 Å². The number of nitrogens with zero attached hydrogens (tertiary/aromatic N) is 1. The van der Waals surface area contributed by atoms with Crippen LogP contribution in [-0.4, -0.2) is 54.4 Å². The van der Waals surface area contributed by atoms with Crippen molar-refractivity contribution >= 4 is 5.91 Å². The van der Waals surface area contributed by atoms with Gasteiger partial charge in [-0.2, -0.15) is 0 Å². The molecule has 0 radical (unpaired) electrons. The van der Waals surface area contributed by atoms with E-state index in [9.17, 15) is 4.79 Å². The fourth-order valence-corrected chi connectivity index (χ4v) is 2.73. The van der Waals surface area contributed by atoms with E-state index in [2.05, 4.69) is 0 Å². The van der Waals surface area contributed by atoms with E-state index in [1.54, 1.807) is 0 Å². The van der Waals surface area contributed by atoms with Crippen LogP contribution in [0.15, 0.2) is 0 Å². The first-order valence-corrected chi connectivity index (χ1v) is 6.42. The van der Waals surface area contributed by atoms with Gasteiger partial charge in [-0.25, -0.2) is 0 Å². The van der Waals surface area contributed by atoms with Gasteiger partial charge in [0.05, 0.1) is 6.61 Å². The number of nitrogens with two attached hydrogens (primary N) is 1. The van der Waals surface area contributed by atoms with Crippen molar-refractivity contribution in [2.75, 3.05) is 32.9 Å². The normalized spacial score (nSPS) is 34.0. The van der Waals surface area contributed by atoms with Crippen LogP contribution in [0.25, 0.3) is 0 Å². The molecule has 1 amide bonds. The van der Waals surface area contributed by atoms with Gasteiger partial charge in [0.25, 0.3) is 0 Å². The number of aliphatic hydroxyl groups is 1. The molecule has 2 unspecified atom stereocenters. The fourth-order valence-electron chi connectivity index (χ4n) is 2.73. The Morgan fingerprint density at radius 3 is 3.06 bits per heavy atom. The average molecular weight is 242 g/mol. The Balaban J connectivity index is 1.94. The zero-order valence-electron chi connectivity index (χ0n) is 10.2. The number of ether oxygens (including phenoxy) is 1. The number of likely N-dealkylation sites (tertiary alicyclic amines) is 1. The third-order valence-electron chi connectivity index (χ3n) is 3.82. The lowest BCUT2D eigenvalue weighted by molar-refractivity contribution is -0.139. The molecule has 2 saturated heterocycles. The highest BCUT2D eigenvalue weighted by atomic mass is 16.5. The fraction of sp³-hybridized carbons (Fsp3) is 0.917. The molecule has 2 aliphatic heterocycles. The molecule has 0 bridgehead atoms. The molecule has 2 rings (SSSR count). The summed E-state index contributed by atoms with van der Waals surface area (Å²) in [5, 5.41) is 8.96. The number of carbonyl (C=O) groups excluding carboxylic acids is 1. The van der Waals surface area contributed by atoms with Crippen LogP contribution in [0.1, 0.15) is 25.7 Å². The van der Waals surface area contributed by atoms with Crippen molar-refractivity contribution in [2.45, 2.75) is 31.2 Å². The molecule has 98 valence electrons. The predicted molar refractivity (Wildman–Crippen MR) is 63.4 cm³/mol. The first-order valence-electron chi connectivity index (χ1n) is 6.42. The predicted octanol–water partition coefficient (Wildman–Crippen LogP) is -0.275. The number of hydrogen-bond acceptors (Lipinski definition) is 4. The Morgan fingerprint density at radius 1 is 1.59 bits per heavy atom. The molecule has 0 aromatic rings. The van der Waals surface area contributed by atoms with E-state index < -0.39 is 5.54 Å². The van der Waals surface area contributed by atoms with E-state index >= 15 is 0 Å². The molecule has 0 spiro atoms. The van der Waals surface area contributed by atoms with Crippen molar-refractivity contribution in [3.8, 4) is 0 Å². The van der Waals surface area contributed by atoms with Gasteiger partial charge < -0.3 is 20.5 Å². The lowest BCUT2D eigenvalue weighted by atomic mass is 9.92. The monoisotopic (exact) mass is 242 g/mol. The SMILES string of the molecule is NC1(C(=O)N2CCCC(CCO)C2)CCOC1. The number of amides is 1. The molecule has 0 saturated carbocycles. The van der Waals surface area contributed by atoms with Gasteiger partial charge in [0, 0.05) is 26.3 Å². The maximum Gasteiger partial charge on any atom is 0.245 e. The van der Waals surface area contributed by atoms with Gasteiger partial charge in [-0.15, -0.1) is 0 Å². The summed E-state index contributed by atoms with van der Waals surface area (Å²) in [5.41, 5.74) is 5.28. The molecule has 0 aromatic carbocycles. The lowest BCUT2D eigenvalue weighted by Gasteiger charge is -2.36. The first kappa shape index (κ1) is 12.8. The molecule has 5 nitrogen and oxygen atoms in total. The highest BCUT2D eigenvalue weighted by molar-refractivity contribution is 5.86. The Bertz CT molecular complexity index is 275. The second kappa shape index (κ2) is 5.33. The summed E-state index contributed by atoms with van der Waals surface area (Å²) in [6.07, 6.45) is 3.50. The van der Waals surface area contributed by atoms with Gasteiger partial charge in [-0.05, 0) is 31.6 Å². The number of piperidine rings is 1. The second-order valence-corrected chi connectivity index (χ2v) is 5.23. The average Bonchev–Trinajstić information content (AvgIpc) is 2.77. The summed E-state index contributed by atoms with van der Waals surface area (Å²) < 4.78 is 5.23. The summed E-state index contributed by atoms with van der Waals surface area (Å²) in [4.78, 5) is 14.2. The molecule has 5 heteroatoms. The van der Waals surface area contributed by atoms with Crippen LogP contribution in [0.3, 0.4) is 0 Å². The van der Waals surface area contributed by atoms with E-state index in [4.69, 9.17) is 15.6 Å². The van der Waals surface area contributed by atoms with Gasteiger partial charge in [0.1, 0.15) is 5.54 Å². The minimum absolute atomic E-state index is 0.0256. The van der Waals surface area contributed by atoms with E-state index in [0.29, 0.717) is 25.6 Å². The number of hydrogen-bond donors (Lipinski definition) is 2. The molecule has 17 heavy (non-hydrogen) atoms. The van der Waals surface area contributed by atoms with Gasteiger partial charge in [-0.3, -0.25) is 4.79 Å². The Hall–Kier alpha value is -0.650. The van der Waals surface area contributed by atoms with E-state index in [0.717, 1.165) is 32.4 Å². The van der Waals surface area contributed by atoms with Crippen LogP contribution in [0, 0.1) is 5.92 Å². The van der Waals surface area contributed by atoms with E-state index in [1.807, 2.05) is 4.90 Å². The van der Waals surface area contributed by atoms with Crippen molar-refractivity contribution in [1.29, 1.82) is 0 Å². The summed E-state index contributed by atoms with van der Waals surface area (Å²) >= 11 is 0. The van der Waals surface area contributed by atoms with Crippen LogP contribution in [0.2, 0.25) is 0 Å². The minimum Gasteiger partial charge on any atom is -0.396 e. The Labute approximate surface area is 102 Å². The van der Waals surface area contributed by atoms with Crippen LogP contribution in [0.5, 0.6) is 0 Å². The smallest absolute Gasteiger partial charge is 0.245 e. The molecular formula is C12H22N2O3. The molecule has 2 atom stereocenters. The van der Waals surface area contributed by atoms with Crippen LogP contribution in [-0.2, 0) is 9.53 Å². The number of aliphatic hydroxyl groups excluding tert-OH is 1. The summed E-state index contributed by atoms with van der Waals surface area (Å²) in [6, 6.07) is 0. The third kappa shape index (κ3) is 2.78. The number of carbonyl (C=O) groups is 1. The van der Waals surface area contributed by atoms with Crippen molar-refractivity contribution < 1.29 is 14.6 Å². The van der Waals surface area contributed by atoms with Crippen molar-refractivity contribution in [3.05, 3.63) is 0 Å². The topological polar surface area (TPSA) is 75.8 Å². The maximum absolute atomic E-state index is 12.3. The van der Waals surface area contributed by atoms with E-state index in [-0.39, 0.29) is 12.5 Å². The second-order valence-electron chi connectivity index (χ2n) is 5.23. The largest absolute Gasteiger partial charge is 0.396 e. The third-order valence-corrected chi connectivity index (χ3v) is 3.82.